The number of amides is 3. The summed E-state index contributed by atoms with van der Waals surface area (Å²) in [6.07, 6.45) is 0. The Kier molecular flexibility index (Phi) is 14.5. The predicted molar refractivity (Wildman–Crippen MR) is 176 cm³/mol. The lowest BCUT2D eigenvalue weighted by molar-refractivity contribution is -0.139. The Morgan fingerprint density at radius 2 is 1.48 bits per heavy atom. The fourth-order valence-corrected chi connectivity index (χ4v) is 5.20. The van der Waals surface area contributed by atoms with Crippen LogP contribution >= 0.6 is 11.9 Å². The molecule has 0 radical (unpaired) electrons. The van der Waals surface area contributed by atoms with Gasteiger partial charge in [-0.1, -0.05) is 104 Å². The maximum Gasteiger partial charge on any atom is 0.256 e. The summed E-state index contributed by atoms with van der Waals surface area (Å²) in [4.78, 5) is 40.3. The third-order valence-corrected chi connectivity index (χ3v) is 7.91. The van der Waals surface area contributed by atoms with Gasteiger partial charge in [-0.15, -0.1) is 0 Å². The minimum Gasteiger partial charge on any atom is -0.344 e. The van der Waals surface area contributed by atoms with Gasteiger partial charge in [0.05, 0.1) is 6.04 Å². The van der Waals surface area contributed by atoms with E-state index < -0.39 is 22.9 Å². The Morgan fingerprint density at radius 1 is 0.929 bits per heavy atom. The minimum atomic E-state index is -0.592. The molecule has 232 valence electrons. The molecule has 0 spiro atoms. The van der Waals surface area contributed by atoms with Crippen molar-refractivity contribution >= 4 is 29.7 Å². The van der Waals surface area contributed by atoms with Crippen molar-refractivity contribution in [2.24, 2.45) is 11.3 Å². The van der Waals surface area contributed by atoms with Crippen molar-refractivity contribution < 1.29 is 14.4 Å². The fourth-order valence-electron chi connectivity index (χ4n) is 4.45. The lowest BCUT2D eigenvalue weighted by Gasteiger charge is -2.38. The first kappa shape index (κ1) is 36.9. The number of hydrogen-bond acceptors (Lipinski definition) is 5. The highest BCUT2D eigenvalue weighted by Gasteiger charge is 2.40. The summed E-state index contributed by atoms with van der Waals surface area (Å²) < 4.78 is 2.72. The third-order valence-electron chi connectivity index (χ3n) is 6.94. The van der Waals surface area contributed by atoms with Crippen LogP contribution in [0.1, 0.15) is 66.5 Å². The van der Waals surface area contributed by atoms with Gasteiger partial charge >= 0.3 is 0 Å². The van der Waals surface area contributed by atoms with Crippen molar-refractivity contribution in [1.29, 1.82) is 0 Å². The highest BCUT2D eigenvalue weighted by atomic mass is 32.2. The molecule has 2 aromatic carbocycles. The zero-order valence-corrected chi connectivity index (χ0v) is 28.2. The molecule has 0 saturated heterocycles. The normalized spacial score (nSPS) is 12.9. The van der Waals surface area contributed by atoms with Crippen molar-refractivity contribution in [3.8, 4) is 0 Å². The number of carbonyl (C=O) groups is 3. The summed E-state index contributed by atoms with van der Waals surface area (Å²) in [5.74, 6) is 0.0232. The first-order valence-electron chi connectivity index (χ1n) is 14.4. The van der Waals surface area contributed by atoms with Crippen LogP contribution in [0.2, 0.25) is 0 Å². The molecule has 0 aromatic heterocycles. The zero-order valence-electron chi connectivity index (χ0n) is 27.4. The van der Waals surface area contributed by atoms with Crippen LogP contribution in [0.5, 0.6) is 0 Å². The number of aryl methyl sites for hydroxylation is 1. The quantitative estimate of drug-likeness (QED) is 0.222. The van der Waals surface area contributed by atoms with Gasteiger partial charge in [-0.2, -0.15) is 0 Å². The fraction of sp³-hybridized carbons (Fsp3) is 0.500. The maximum absolute atomic E-state index is 13.3. The molecule has 7 nitrogen and oxygen atoms in total. The molecule has 42 heavy (non-hydrogen) atoms. The average Bonchev–Trinajstić information content (AvgIpc) is 2.90. The number of nitrogens with zero attached hydrogens (tertiary/aromatic N) is 1. The number of benzene rings is 2. The van der Waals surface area contributed by atoms with E-state index in [1.807, 2.05) is 96.1 Å². The highest BCUT2D eigenvalue weighted by molar-refractivity contribution is 7.98. The predicted octanol–water partition coefficient (Wildman–Crippen LogP) is 5.89. The molecule has 0 heterocycles. The van der Waals surface area contributed by atoms with E-state index in [1.54, 1.807) is 25.9 Å². The molecule has 3 amide bonds. The van der Waals surface area contributed by atoms with E-state index in [1.165, 1.54) is 11.9 Å². The molecule has 0 saturated carbocycles. The monoisotopic (exact) mass is 596 g/mol. The molecular formula is C34H52N4O3S. The van der Waals surface area contributed by atoms with E-state index in [-0.39, 0.29) is 17.7 Å². The van der Waals surface area contributed by atoms with Crippen molar-refractivity contribution in [3.63, 3.8) is 0 Å². The van der Waals surface area contributed by atoms with E-state index in [2.05, 4.69) is 35.8 Å². The molecule has 0 aliphatic rings. The van der Waals surface area contributed by atoms with E-state index in [0.717, 1.165) is 16.0 Å². The Labute approximate surface area is 258 Å². The van der Waals surface area contributed by atoms with Crippen LogP contribution in [0.15, 0.2) is 71.6 Å². The summed E-state index contributed by atoms with van der Waals surface area (Å²) in [6, 6.07) is 16.8. The topological polar surface area (TPSA) is 90.5 Å². The van der Waals surface area contributed by atoms with Crippen molar-refractivity contribution in [2.45, 2.75) is 84.7 Å². The van der Waals surface area contributed by atoms with Crippen molar-refractivity contribution in [1.82, 2.24) is 20.3 Å². The van der Waals surface area contributed by atoms with Gasteiger partial charge in [-0.25, -0.2) is 0 Å². The van der Waals surface area contributed by atoms with Crippen LogP contribution in [0, 0.1) is 18.3 Å². The summed E-state index contributed by atoms with van der Waals surface area (Å²) in [5.41, 5.74) is 1.91. The highest BCUT2D eigenvalue weighted by Crippen LogP contribution is 2.28. The van der Waals surface area contributed by atoms with Crippen LogP contribution < -0.4 is 15.4 Å². The zero-order chi connectivity index (χ0) is 32.3. The Bertz CT molecular complexity index is 1190. The molecule has 0 aliphatic heterocycles. The average molecular weight is 597 g/mol. The molecule has 0 bridgehead atoms. The SMILES string of the molecule is C=C(C)C(=O)NSc1ccccc1C.CNC(C(=O)NC(C(=O)N(C)CC(C)C)C(C)(C)C)C(C)(C)c1ccccc1. The molecular weight excluding hydrogens is 544 g/mol. The van der Waals surface area contributed by atoms with Gasteiger partial charge in [0.2, 0.25) is 11.8 Å². The first-order chi connectivity index (χ1) is 19.4. The van der Waals surface area contributed by atoms with Gasteiger partial charge in [0.25, 0.3) is 5.91 Å². The van der Waals surface area contributed by atoms with Crippen molar-refractivity contribution in [3.05, 3.63) is 77.9 Å². The van der Waals surface area contributed by atoms with Crippen LogP contribution in [-0.2, 0) is 19.8 Å². The maximum atomic E-state index is 13.3. The number of nitrogens with one attached hydrogen (secondary N) is 3. The standard InChI is InChI=1S/C23H39N3O2.C11H13NOS/c1-16(2)15-26(9)21(28)19(22(3,4)5)25-20(27)18(24-8)23(6,7)17-13-11-10-12-14-17;1-8(2)11(13)12-14-10-7-5-4-6-9(10)3/h10-14,16,18-19,24H,15H2,1-9H3,(H,25,27);4-7H,1H2,2-3H3,(H,12,13). The van der Waals surface area contributed by atoms with Crippen LogP contribution in [0.25, 0.3) is 0 Å². The van der Waals surface area contributed by atoms with Gasteiger partial charge in [0.15, 0.2) is 0 Å². The summed E-state index contributed by atoms with van der Waals surface area (Å²) >= 11 is 1.32. The number of rotatable bonds is 11. The van der Waals surface area contributed by atoms with Gasteiger partial charge in [0.1, 0.15) is 6.04 Å². The molecule has 8 heteroatoms. The van der Waals surface area contributed by atoms with E-state index in [4.69, 9.17) is 0 Å². The second-order valence-electron chi connectivity index (χ2n) is 12.8. The van der Waals surface area contributed by atoms with E-state index in [9.17, 15) is 14.4 Å². The molecule has 2 rings (SSSR count). The Morgan fingerprint density at radius 3 is 1.95 bits per heavy atom. The molecule has 0 aliphatic carbocycles. The number of carbonyl (C=O) groups excluding carboxylic acids is 3. The largest absolute Gasteiger partial charge is 0.344 e. The Hall–Kier alpha value is -3.10. The van der Waals surface area contributed by atoms with Gasteiger partial charge in [-0.05, 0) is 61.4 Å². The third kappa shape index (κ3) is 11.3. The van der Waals surface area contributed by atoms with E-state index >= 15 is 0 Å². The molecule has 2 atom stereocenters. The van der Waals surface area contributed by atoms with Gasteiger partial charge < -0.3 is 15.5 Å². The minimum absolute atomic E-state index is 0.0538. The van der Waals surface area contributed by atoms with Gasteiger partial charge in [0, 0.05) is 29.5 Å². The van der Waals surface area contributed by atoms with E-state index in [0.29, 0.717) is 18.0 Å². The summed E-state index contributed by atoms with van der Waals surface area (Å²) in [5, 5.41) is 6.21. The Balaban J connectivity index is 0.000000525. The van der Waals surface area contributed by atoms with Crippen LogP contribution in [0.3, 0.4) is 0 Å². The van der Waals surface area contributed by atoms with Crippen LogP contribution in [0.4, 0.5) is 0 Å². The molecule has 2 unspecified atom stereocenters. The molecule has 2 aromatic rings. The van der Waals surface area contributed by atoms with Crippen molar-refractivity contribution in [2.75, 3.05) is 20.6 Å². The molecule has 0 fully saturated rings. The lowest BCUT2D eigenvalue weighted by atomic mass is 9.76. The first-order valence-corrected chi connectivity index (χ1v) is 15.2. The summed E-state index contributed by atoms with van der Waals surface area (Å²) in [6.45, 7) is 22.1. The second-order valence-corrected chi connectivity index (χ2v) is 13.7. The van der Waals surface area contributed by atoms with Crippen LogP contribution in [-0.4, -0.2) is 55.3 Å². The summed E-state index contributed by atoms with van der Waals surface area (Å²) in [7, 11) is 3.59. The number of likely N-dealkylation sites (N-methyl/N-ethyl adjacent to an activating group) is 2. The second kappa shape index (κ2) is 16.5. The lowest BCUT2D eigenvalue weighted by Crippen LogP contribution is -2.61. The van der Waals surface area contributed by atoms with Gasteiger partial charge in [-0.3, -0.25) is 19.1 Å². The smallest absolute Gasteiger partial charge is 0.256 e. The number of hydrogen-bond donors (Lipinski definition) is 3. The molecule has 3 N–H and O–H groups in total.